The second-order valence-corrected chi connectivity index (χ2v) is 10.1. The standard InChI is InChI=1S/C18H25ClN8O5S/c1-27-6-11(4-21-27)22-18-20-5-12(19)17(24-18)23-13-8-31-16-14(9-32-15(13)16)26-33(28,29)25-10-2-3-30-7-10/h4-6,10,13-16,25-26H,2-3,7-9H2,1H3,(H2,20,22,23,24). The van der Waals surface area contributed by atoms with Crippen LogP contribution in [-0.2, 0) is 31.5 Å². The minimum absolute atomic E-state index is 0.195. The lowest BCUT2D eigenvalue weighted by atomic mass is 10.1. The lowest BCUT2D eigenvalue weighted by Gasteiger charge is -2.20. The van der Waals surface area contributed by atoms with E-state index in [0.29, 0.717) is 43.0 Å². The highest BCUT2D eigenvalue weighted by molar-refractivity contribution is 7.87. The average Bonchev–Trinajstić information content (AvgIpc) is 3.54. The molecule has 4 N–H and O–H groups in total. The van der Waals surface area contributed by atoms with Crippen molar-refractivity contribution in [2.24, 2.45) is 7.05 Å². The Hall–Kier alpha value is -2.07. The van der Waals surface area contributed by atoms with E-state index in [0.717, 1.165) is 5.69 Å². The first-order valence-electron chi connectivity index (χ1n) is 10.5. The van der Waals surface area contributed by atoms with Crippen LogP contribution in [0.4, 0.5) is 17.5 Å². The van der Waals surface area contributed by atoms with Crippen molar-refractivity contribution in [2.75, 3.05) is 37.1 Å². The molecule has 180 valence electrons. The zero-order valence-corrected chi connectivity index (χ0v) is 19.3. The Labute approximate surface area is 195 Å². The summed E-state index contributed by atoms with van der Waals surface area (Å²) in [5.41, 5.74) is 0.738. The largest absolute Gasteiger partial charge is 0.380 e. The number of aromatic nitrogens is 4. The monoisotopic (exact) mass is 500 g/mol. The second-order valence-electron chi connectivity index (χ2n) is 8.17. The van der Waals surface area contributed by atoms with Gasteiger partial charge in [-0.15, -0.1) is 0 Å². The number of ether oxygens (including phenoxy) is 3. The van der Waals surface area contributed by atoms with Gasteiger partial charge >= 0.3 is 0 Å². The van der Waals surface area contributed by atoms with Crippen molar-refractivity contribution >= 4 is 39.3 Å². The number of fused-ring (bicyclic) bond motifs is 1. The number of anilines is 3. The van der Waals surface area contributed by atoms with Crippen LogP contribution in [0.25, 0.3) is 0 Å². The van der Waals surface area contributed by atoms with E-state index in [1.165, 1.54) is 6.20 Å². The van der Waals surface area contributed by atoms with E-state index in [2.05, 4.69) is 35.1 Å². The number of hydrogen-bond donors (Lipinski definition) is 4. The van der Waals surface area contributed by atoms with E-state index in [9.17, 15) is 8.42 Å². The maximum Gasteiger partial charge on any atom is 0.277 e. The molecule has 0 amide bonds. The molecular formula is C18H25ClN8O5S. The molecule has 3 aliphatic rings. The van der Waals surface area contributed by atoms with Gasteiger partial charge in [0.15, 0.2) is 5.82 Å². The summed E-state index contributed by atoms with van der Waals surface area (Å²) >= 11 is 6.30. The summed E-state index contributed by atoms with van der Waals surface area (Å²) in [7, 11) is -1.91. The minimum atomic E-state index is -3.72. The first-order chi connectivity index (χ1) is 15.9. The van der Waals surface area contributed by atoms with E-state index >= 15 is 0 Å². The SMILES string of the molecule is Cn1cc(Nc2ncc(Cl)c(NC3COC4C(NS(=O)(=O)NC5CCOC5)COC34)n2)cn1. The molecule has 0 radical (unpaired) electrons. The van der Waals surface area contributed by atoms with Crippen LogP contribution in [-0.4, -0.2) is 84.9 Å². The van der Waals surface area contributed by atoms with Gasteiger partial charge in [0.2, 0.25) is 5.95 Å². The van der Waals surface area contributed by atoms with Gasteiger partial charge in [-0.05, 0) is 6.42 Å². The second kappa shape index (κ2) is 9.29. The molecule has 13 nitrogen and oxygen atoms in total. The molecule has 5 rings (SSSR count). The third-order valence-corrected chi connectivity index (χ3v) is 7.17. The van der Waals surface area contributed by atoms with Crippen LogP contribution in [0, 0.1) is 0 Å². The molecule has 0 saturated carbocycles. The molecule has 15 heteroatoms. The molecule has 3 fully saturated rings. The van der Waals surface area contributed by atoms with Crippen molar-refractivity contribution in [3.63, 3.8) is 0 Å². The lowest BCUT2D eigenvalue weighted by Crippen LogP contribution is -2.51. The Morgan fingerprint density at radius 2 is 1.91 bits per heavy atom. The third kappa shape index (κ3) is 5.21. The fourth-order valence-electron chi connectivity index (χ4n) is 4.12. The van der Waals surface area contributed by atoms with E-state index in [4.69, 9.17) is 25.8 Å². The summed E-state index contributed by atoms with van der Waals surface area (Å²) < 4.78 is 48.9. The Bertz CT molecular complexity index is 1100. The summed E-state index contributed by atoms with van der Waals surface area (Å²) in [5.74, 6) is 0.771. The van der Waals surface area contributed by atoms with Gasteiger partial charge in [0.1, 0.15) is 17.2 Å². The first kappa shape index (κ1) is 22.7. The van der Waals surface area contributed by atoms with Gasteiger partial charge in [-0.1, -0.05) is 11.6 Å². The van der Waals surface area contributed by atoms with Crippen LogP contribution in [0.1, 0.15) is 6.42 Å². The zero-order chi connectivity index (χ0) is 23.0. The predicted molar refractivity (Wildman–Crippen MR) is 119 cm³/mol. The van der Waals surface area contributed by atoms with Gasteiger partial charge in [-0.2, -0.15) is 27.9 Å². The highest BCUT2D eigenvalue weighted by Gasteiger charge is 2.49. The van der Waals surface area contributed by atoms with Crippen molar-refractivity contribution in [2.45, 2.75) is 36.8 Å². The molecule has 5 unspecified atom stereocenters. The number of hydrogen-bond acceptors (Lipinski definition) is 10. The van der Waals surface area contributed by atoms with Crippen molar-refractivity contribution in [1.82, 2.24) is 29.2 Å². The fraction of sp³-hybridized carbons (Fsp3) is 0.611. The lowest BCUT2D eigenvalue weighted by molar-refractivity contribution is 0.0690. The Kier molecular flexibility index (Phi) is 6.39. The number of aryl methyl sites for hydroxylation is 1. The predicted octanol–water partition coefficient (Wildman–Crippen LogP) is -0.233. The fourth-order valence-corrected chi connectivity index (χ4v) is 5.56. The van der Waals surface area contributed by atoms with Crippen molar-refractivity contribution in [1.29, 1.82) is 0 Å². The van der Waals surface area contributed by atoms with Crippen LogP contribution in [0.3, 0.4) is 0 Å². The van der Waals surface area contributed by atoms with Gasteiger partial charge < -0.3 is 24.8 Å². The molecule has 0 bridgehead atoms. The van der Waals surface area contributed by atoms with Crippen LogP contribution >= 0.6 is 11.6 Å². The Morgan fingerprint density at radius 3 is 2.64 bits per heavy atom. The van der Waals surface area contributed by atoms with Crippen molar-refractivity contribution < 1.29 is 22.6 Å². The summed E-state index contributed by atoms with van der Waals surface area (Å²) in [6.07, 6.45) is 4.79. The van der Waals surface area contributed by atoms with Crippen LogP contribution in [0.2, 0.25) is 5.02 Å². The van der Waals surface area contributed by atoms with Gasteiger partial charge in [0.05, 0.1) is 50.0 Å². The quantitative estimate of drug-likeness (QED) is 0.382. The number of nitrogens with zero attached hydrogens (tertiary/aromatic N) is 4. The summed E-state index contributed by atoms with van der Waals surface area (Å²) in [6.45, 7) is 1.42. The van der Waals surface area contributed by atoms with Gasteiger partial charge in [-0.3, -0.25) is 4.68 Å². The van der Waals surface area contributed by atoms with Crippen LogP contribution < -0.4 is 20.1 Å². The smallest absolute Gasteiger partial charge is 0.277 e. The molecule has 33 heavy (non-hydrogen) atoms. The van der Waals surface area contributed by atoms with Crippen LogP contribution in [0.15, 0.2) is 18.6 Å². The van der Waals surface area contributed by atoms with Crippen molar-refractivity contribution in [3.8, 4) is 0 Å². The topological polar surface area (TPSA) is 154 Å². The van der Waals surface area contributed by atoms with E-state index < -0.39 is 22.4 Å². The maximum absolute atomic E-state index is 12.5. The molecule has 5 atom stereocenters. The van der Waals surface area contributed by atoms with E-state index in [-0.39, 0.29) is 24.8 Å². The normalized spacial score (nSPS) is 29.3. The van der Waals surface area contributed by atoms with E-state index in [1.54, 1.807) is 17.1 Å². The Balaban J connectivity index is 1.21. The Morgan fingerprint density at radius 1 is 1.12 bits per heavy atom. The minimum Gasteiger partial charge on any atom is -0.380 e. The first-order valence-corrected chi connectivity index (χ1v) is 12.4. The molecule has 0 aliphatic carbocycles. The molecule has 3 saturated heterocycles. The number of rotatable bonds is 8. The average molecular weight is 501 g/mol. The highest BCUT2D eigenvalue weighted by Crippen LogP contribution is 2.31. The molecule has 0 spiro atoms. The van der Waals surface area contributed by atoms with Gasteiger partial charge in [0, 0.05) is 25.9 Å². The van der Waals surface area contributed by atoms with E-state index in [1.807, 2.05) is 7.05 Å². The molecule has 2 aromatic rings. The third-order valence-electron chi connectivity index (χ3n) is 5.64. The summed E-state index contributed by atoms with van der Waals surface area (Å²) in [6, 6.07) is -1.00. The molecule has 3 aliphatic heterocycles. The number of nitrogens with one attached hydrogen (secondary N) is 4. The molecule has 2 aromatic heterocycles. The van der Waals surface area contributed by atoms with Gasteiger partial charge in [0.25, 0.3) is 10.2 Å². The van der Waals surface area contributed by atoms with Gasteiger partial charge in [-0.25, -0.2) is 4.98 Å². The molecule has 0 aromatic carbocycles. The van der Waals surface area contributed by atoms with Crippen molar-refractivity contribution in [3.05, 3.63) is 23.6 Å². The highest BCUT2D eigenvalue weighted by atomic mass is 35.5. The maximum atomic E-state index is 12.5. The summed E-state index contributed by atoms with van der Waals surface area (Å²) in [5, 5.41) is 10.8. The van der Waals surface area contributed by atoms with Crippen LogP contribution in [0.5, 0.6) is 0 Å². The number of halogens is 1. The zero-order valence-electron chi connectivity index (χ0n) is 17.8. The summed E-state index contributed by atoms with van der Waals surface area (Å²) in [4.78, 5) is 8.64. The molecule has 5 heterocycles. The molecular weight excluding hydrogens is 476 g/mol.